The molecule has 0 atom stereocenters. The molecule has 2 N–H and O–H groups in total. The molecule has 0 aromatic carbocycles. The van der Waals surface area contributed by atoms with Crippen LogP contribution in [0.1, 0.15) is 39.0 Å². The van der Waals surface area contributed by atoms with E-state index < -0.39 is 0 Å². The van der Waals surface area contributed by atoms with Gasteiger partial charge in [-0.1, -0.05) is 44.7 Å². The zero-order chi connectivity index (χ0) is 20.5. The molecular weight excluding hydrogens is 598 g/mol. The first kappa shape index (κ1) is 36.5. The molecule has 0 radical (unpaired) electrons. The highest BCUT2D eigenvalue weighted by atomic mass is 79.9. The third kappa shape index (κ3) is 56.6. The minimum atomic E-state index is -0.0162. The molecule has 148 valence electrons. The number of terminal acetylenes is 3. The average molecular weight is 622 g/mol. The van der Waals surface area contributed by atoms with Gasteiger partial charge in [-0.05, 0) is 15.9 Å². The van der Waals surface area contributed by atoms with Gasteiger partial charge < -0.3 is 22.7 Å². The monoisotopic (exact) mass is 618 g/mol. The van der Waals surface area contributed by atoms with Crippen molar-refractivity contribution in [2.75, 3.05) is 17.2 Å². The smallest absolute Gasteiger partial charge is 0.208 e. The Bertz CT molecular complexity index is 444. The minimum Gasteiger partial charge on any atom is -1.00 e. The molecule has 0 aliphatic carbocycles. The molecule has 0 aliphatic heterocycles. The zero-order valence-corrected chi connectivity index (χ0v) is 21.0. The van der Waals surface area contributed by atoms with Crippen LogP contribution in [0.4, 0.5) is 0 Å². The Morgan fingerprint density at radius 3 is 1.42 bits per heavy atom. The second-order valence-corrected chi connectivity index (χ2v) is 5.88. The van der Waals surface area contributed by atoms with Crippen molar-refractivity contribution >= 4 is 64.0 Å². The lowest BCUT2D eigenvalue weighted by molar-refractivity contribution is -0.118. The van der Waals surface area contributed by atoms with Crippen LogP contribution >= 0.6 is 47.8 Å². The molecule has 0 amide bonds. The second kappa shape index (κ2) is 35.6. The van der Waals surface area contributed by atoms with E-state index in [1.54, 1.807) is 0 Å². The van der Waals surface area contributed by atoms with E-state index in [1.165, 1.54) is 0 Å². The molecule has 0 heterocycles. The molecule has 8 heteroatoms. The maximum atomic E-state index is 10.5. The largest absolute Gasteiger partial charge is 1.00 e. The summed E-state index contributed by atoms with van der Waals surface area (Å²) in [6, 6.07) is 0. The molecule has 0 fully saturated rings. The van der Waals surface area contributed by atoms with Crippen LogP contribution in [0.15, 0.2) is 0 Å². The van der Waals surface area contributed by atoms with Crippen LogP contribution in [0, 0.1) is 37.0 Å². The summed E-state index contributed by atoms with van der Waals surface area (Å²) in [6.45, 7) is 2.19. The highest BCUT2D eigenvalue weighted by Gasteiger charge is 1.94. The summed E-state index contributed by atoms with van der Waals surface area (Å²) < 4.78 is -0.0162. The number of ketones is 2. The lowest BCUT2D eigenvalue weighted by Crippen LogP contribution is -3.00. The normalized spacial score (nSPS) is 7.15. The third-order valence-corrected chi connectivity index (χ3v) is 4.03. The number of hydrogen-bond donors (Lipinski definition) is 1. The van der Waals surface area contributed by atoms with Gasteiger partial charge in [-0.15, -0.1) is 31.1 Å². The molecule has 0 saturated carbocycles. The van der Waals surface area contributed by atoms with Crippen LogP contribution in [0.3, 0.4) is 0 Å². The average Bonchev–Trinajstić information content (AvgIpc) is 2.64. The number of Topliss-reactive ketones (excluding diaryl/α,β-unsaturated/α-hetero) is 2. The minimum absolute atomic E-state index is 0. The number of nitrogens with two attached hydrogens (primary N) is 1. The lowest BCUT2D eigenvalue weighted by Gasteiger charge is -1.87. The lowest BCUT2D eigenvalue weighted by atomic mass is 10.2. The van der Waals surface area contributed by atoms with Gasteiger partial charge in [0.2, 0.25) is 4.69 Å². The predicted molar refractivity (Wildman–Crippen MR) is 116 cm³/mol. The van der Waals surface area contributed by atoms with Crippen LogP contribution in [0.25, 0.3) is 0 Å². The van der Waals surface area contributed by atoms with Crippen molar-refractivity contribution in [1.29, 1.82) is 0 Å². The van der Waals surface area contributed by atoms with Crippen LogP contribution in [-0.4, -0.2) is 33.5 Å². The summed E-state index contributed by atoms with van der Waals surface area (Å²) in [5.74, 6) is 7.43. The van der Waals surface area contributed by atoms with E-state index >= 15 is 0 Å². The topological polar surface area (TPSA) is 77.2 Å². The van der Waals surface area contributed by atoms with Gasteiger partial charge in [0.1, 0.15) is 11.6 Å². The summed E-state index contributed by atoms with van der Waals surface area (Å²) in [5.41, 5.74) is 4.79. The van der Waals surface area contributed by atoms with Gasteiger partial charge >= 0.3 is 0 Å². The SMILES string of the molecule is C#CCCC(=O)CBr.C#CCCC(=O)CC.C#CCN.O=C(Br)CBr.[Br-]. The van der Waals surface area contributed by atoms with E-state index in [9.17, 15) is 14.4 Å². The third-order valence-electron chi connectivity index (χ3n) is 1.86. The molecule has 0 aliphatic rings. The van der Waals surface area contributed by atoms with Gasteiger partial charge in [-0.2, -0.15) is 0 Å². The van der Waals surface area contributed by atoms with Crippen molar-refractivity contribution in [3.63, 3.8) is 0 Å². The molecule has 4 nitrogen and oxygen atoms in total. The van der Waals surface area contributed by atoms with Gasteiger partial charge in [-0.25, -0.2) is 0 Å². The van der Waals surface area contributed by atoms with Crippen molar-refractivity contribution in [3.8, 4) is 37.0 Å². The summed E-state index contributed by atoms with van der Waals surface area (Å²) in [4.78, 5) is 30.6. The molecule has 0 unspecified atom stereocenters. The Balaban J connectivity index is -0.0000000773. The number of rotatable bonds is 7. The maximum Gasteiger partial charge on any atom is 0.208 e. The number of carbonyl (C=O) groups excluding carboxylic acids is 3. The first-order valence-corrected chi connectivity index (χ1v) is 10.2. The van der Waals surface area contributed by atoms with Gasteiger partial charge in [0.25, 0.3) is 0 Å². The number of halogens is 4. The van der Waals surface area contributed by atoms with Gasteiger partial charge in [0, 0.05) is 32.1 Å². The number of carbonyl (C=O) groups is 3. The second-order valence-electron chi connectivity index (χ2n) is 3.87. The quantitative estimate of drug-likeness (QED) is 0.257. The summed E-state index contributed by atoms with van der Waals surface area (Å²) in [6.07, 6.45) is 17.3. The summed E-state index contributed by atoms with van der Waals surface area (Å²) in [5, 5.41) is 0.821. The Hall–Kier alpha value is -0.430. The molecule has 26 heavy (non-hydrogen) atoms. The van der Waals surface area contributed by atoms with E-state index in [4.69, 9.17) is 18.6 Å². The van der Waals surface area contributed by atoms with E-state index in [1.807, 2.05) is 6.92 Å². The highest BCUT2D eigenvalue weighted by molar-refractivity contribution is 9.19. The van der Waals surface area contributed by atoms with Gasteiger partial charge in [-0.3, -0.25) is 14.4 Å². The van der Waals surface area contributed by atoms with Crippen molar-refractivity contribution in [2.45, 2.75) is 39.0 Å². The highest BCUT2D eigenvalue weighted by Crippen LogP contribution is 1.92. The fourth-order valence-electron chi connectivity index (χ4n) is 0.667. The Labute approximate surface area is 193 Å². The molecule has 0 saturated heterocycles. The molecule has 0 bridgehead atoms. The molecule has 0 spiro atoms. The Morgan fingerprint density at radius 1 is 0.885 bits per heavy atom. The zero-order valence-electron chi connectivity index (χ0n) is 14.7. The molecule has 0 aromatic heterocycles. The van der Waals surface area contributed by atoms with Crippen molar-refractivity contribution in [1.82, 2.24) is 0 Å². The number of hydrogen-bond acceptors (Lipinski definition) is 4. The van der Waals surface area contributed by atoms with Gasteiger partial charge in [0.05, 0.1) is 17.2 Å². The summed E-state index contributed by atoms with van der Waals surface area (Å²) in [7, 11) is 0. The fraction of sp³-hybridized carbons (Fsp3) is 0.500. The van der Waals surface area contributed by atoms with Crippen LogP contribution < -0.4 is 22.7 Å². The van der Waals surface area contributed by atoms with Crippen molar-refractivity contribution in [2.24, 2.45) is 5.73 Å². The fourth-order valence-corrected chi connectivity index (χ4v) is 0.947. The van der Waals surface area contributed by atoms with E-state index in [-0.39, 0.29) is 33.2 Å². The standard InChI is InChI=1S/C7H10O.C6H7BrO.C3H5N.C2H2Br2O.BrH/c1-3-5-6-7(8)4-2;1-2-3-4-6(8)5-7;1-2-3-4;3-1-2(4)5;/h1H,4-6H2,2H3;1H,3-5H2;1H,3-4H2;1H2;1H/p-1. The van der Waals surface area contributed by atoms with Crippen LogP contribution in [0.5, 0.6) is 0 Å². The Kier molecular flexibility index (Phi) is 50.0. The Morgan fingerprint density at radius 2 is 1.23 bits per heavy atom. The van der Waals surface area contributed by atoms with Crippen LogP contribution in [0.2, 0.25) is 0 Å². The molecule has 0 aromatic rings. The van der Waals surface area contributed by atoms with Crippen molar-refractivity contribution < 1.29 is 31.4 Å². The van der Waals surface area contributed by atoms with E-state index in [2.05, 4.69) is 72.0 Å². The summed E-state index contributed by atoms with van der Waals surface area (Å²) >= 11 is 8.63. The molecular formula is C18H24Br4NO3-. The van der Waals surface area contributed by atoms with E-state index in [0.29, 0.717) is 49.3 Å². The maximum absolute atomic E-state index is 10.5. The first-order chi connectivity index (χ1) is 11.8. The van der Waals surface area contributed by atoms with Crippen molar-refractivity contribution in [3.05, 3.63) is 0 Å². The molecule has 0 rings (SSSR count). The van der Waals surface area contributed by atoms with Crippen LogP contribution in [-0.2, 0) is 14.4 Å². The van der Waals surface area contributed by atoms with E-state index in [0.717, 1.165) is 0 Å². The first-order valence-electron chi connectivity index (χ1n) is 7.15. The van der Waals surface area contributed by atoms with Gasteiger partial charge in [0.15, 0.2) is 0 Å². The number of alkyl halides is 2. The predicted octanol–water partition coefficient (Wildman–Crippen LogP) is 0.628.